The highest BCUT2D eigenvalue weighted by molar-refractivity contribution is 5.95. The highest BCUT2D eigenvalue weighted by Gasteiger charge is 2.34. The van der Waals surface area contributed by atoms with Gasteiger partial charge < -0.3 is 4.90 Å². The molecule has 32 heavy (non-hydrogen) atoms. The highest BCUT2D eigenvalue weighted by atomic mass is 16.2. The standard InChI is InChI=1S/C26H34N4O2/c1-18-21-12-13-22(31)30(16-14-19-9-6-5-7-10-19)24(21)28-23(27-18)20-11-8-15-29(17-20)25(32)26(2,3)4/h5-7,9-10,20H,8,11-17H2,1-4H3/t20-/m1/s1. The summed E-state index contributed by atoms with van der Waals surface area (Å²) >= 11 is 0. The highest BCUT2D eigenvalue weighted by Crippen LogP contribution is 2.33. The summed E-state index contributed by atoms with van der Waals surface area (Å²) in [6.07, 6.45) is 3.90. The van der Waals surface area contributed by atoms with Crippen molar-refractivity contribution in [3.63, 3.8) is 0 Å². The van der Waals surface area contributed by atoms with Crippen molar-refractivity contribution in [3.05, 3.63) is 53.0 Å². The number of anilines is 1. The maximum Gasteiger partial charge on any atom is 0.228 e. The number of benzene rings is 1. The van der Waals surface area contributed by atoms with Crippen molar-refractivity contribution in [2.75, 3.05) is 24.5 Å². The number of piperidine rings is 1. The Bertz CT molecular complexity index is 997. The molecule has 1 aromatic heterocycles. The number of carbonyl (C=O) groups excluding carboxylic acids is 2. The van der Waals surface area contributed by atoms with Gasteiger partial charge in [-0.15, -0.1) is 0 Å². The molecule has 0 spiro atoms. The molecular weight excluding hydrogens is 400 g/mol. The van der Waals surface area contributed by atoms with Gasteiger partial charge in [0, 0.05) is 48.6 Å². The van der Waals surface area contributed by atoms with Gasteiger partial charge in [-0.25, -0.2) is 9.97 Å². The molecule has 0 radical (unpaired) electrons. The van der Waals surface area contributed by atoms with Crippen LogP contribution in [0.2, 0.25) is 0 Å². The molecular formula is C26H34N4O2. The maximum atomic E-state index is 12.8. The van der Waals surface area contributed by atoms with E-state index in [4.69, 9.17) is 9.97 Å². The van der Waals surface area contributed by atoms with Gasteiger partial charge >= 0.3 is 0 Å². The van der Waals surface area contributed by atoms with E-state index in [1.807, 2.05) is 55.7 Å². The topological polar surface area (TPSA) is 66.4 Å². The SMILES string of the molecule is Cc1nc([C@@H]2CCCN(C(=O)C(C)(C)C)C2)nc2c1CCC(=O)N2CCc1ccccc1. The van der Waals surface area contributed by atoms with Crippen LogP contribution in [0.25, 0.3) is 0 Å². The molecule has 1 saturated heterocycles. The zero-order chi connectivity index (χ0) is 22.9. The van der Waals surface area contributed by atoms with Gasteiger partial charge in [0.1, 0.15) is 11.6 Å². The van der Waals surface area contributed by atoms with Crippen LogP contribution in [-0.2, 0) is 22.4 Å². The lowest BCUT2D eigenvalue weighted by Gasteiger charge is -2.36. The van der Waals surface area contributed by atoms with Crippen molar-refractivity contribution < 1.29 is 9.59 Å². The summed E-state index contributed by atoms with van der Waals surface area (Å²) in [6, 6.07) is 10.2. The third-order valence-electron chi connectivity index (χ3n) is 6.54. The van der Waals surface area contributed by atoms with Crippen LogP contribution in [0.4, 0.5) is 5.82 Å². The molecule has 2 amide bonds. The number of aromatic nitrogens is 2. The Labute approximate surface area is 191 Å². The van der Waals surface area contributed by atoms with Gasteiger partial charge in [0.05, 0.1) is 0 Å². The van der Waals surface area contributed by atoms with Crippen LogP contribution >= 0.6 is 0 Å². The first-order valence-corrected chi connectivity index (χ1v) is 11.7. The molecule has 2 aliphatic rings. The number of aryl methyl sites for hydroxylation is 1. The van der Waals surface area contributed by atoms with Crippen molar-refractivity contribution in [3.8, 4) is 0 Å². The van der Waals surface area contributed by atoms with Crippen molar-refractivity contribution in [2.24, 2.45) is 5.41 Å². The lowest BCUT2D eigenvalue weighted by atomic mass is 9.90. The minimum absolute atomic E-state index is 0.104. The van der Waals surface area contributed by atoms with Crippen LogP contribution in [0.15, 0.2) is 30.3 Å². The predicted molar refractivity (Wildman–Crippen MR) is 126 cm³/mol. The molecule has 4 rings (SSSR count). The molecule has 2 aromatic rings. The number of amides is 2. The van der Waals surface area contributed by atoms with E-state index in [0.29, 0.717) is 25.9 Å². The minimum atomic E-state index is -0.394. The molecule has 0 aliphatic carbocycles. The monoisotopic (exact) mass is 434 g/mol. The summed E-state index contributed by atoms with van der Waals surface area (Å²) in [5.41, 5.74) is 2.86. The van der Waals surface area contributed by atoms with E-state index in [1.165, 1.54) is 5.56 Å². The maximum absolute atomic E-state index is 12.8. The first-order chi connectivity index (χ1) is 15.2. The largest absolute Gasteiger partial charge is 0.342 e. The Morgan fingerprint density at radius 2 is 1.88 bits per heavy atom. The van der Waals surface area contributed by atoms with Gasteiger partial charge in [-0.05, 0) is 38.2 Å². The molecule has 1 atom stereocenters. The molecule has 1 aromatic carbocycles. The van der Waals surface area contributed by atoms with Gasteiger partial charge in [0.15, 0.2) is 0 Å². The number of hydrogen-bond acceptors (Lipinski definition) is 4. The first kappa shape index (κ1) is 22.4. The van der Waals surface area contributed by atoms with Crippen LogP contribution in [0.5, 0.6) is 0 Å². The molecule has 6 heteroatoms. The smallest absolute Gasteiger partial charge is 0.228 e. The van der Waals surface area contributed by atoms with E-state index in [0.717, 1.165) is 48.7 Å². The van der Waals surface area contributed by atoms with Crippen LogP contribution in [0, 0.1) is 12.3 Å². The quantitative estimate of drug-likeness (QED) is 0.728. The number of nitrogens with zero attached hydrogens (tertiary/aromatic N) is 4. The Balaban J connectivity index is 1.59. The van der Waals surface area contributed by atoms with Crippen LogP contribution in [-0.4, -0.2) is 46.3 Å². The Kier molecular flexibility index (Phi) is 6.31. The molecule has 0 unspecified atom stereocenters. The Hall–Kier alpha value is -2.76. The minimum Gasteiger partial charge on any atom is -0.342 e. The van der Waals surface area contributed by atoms with Crippen molar-refractivity contribution in [1.29, 1.82) is 0 Å². The second-order valence-corrected chi connectivity index (χ2v) is 10.1. The summed E-state index contributed by atoms with van der Waals surface area (Å²) in [7, 11) is 0. The van der Waals surface area contributed by atoms with Crippen LogP contribution in [0.3, 0.4) is 0 Å². The predicted octanol–water partition coefficient (Wildman–Crippen LogP) is 4.06. The van der Waals surface area contributed by atoms with Crippen molar-refractivity contribution >= 4 is 17.6 Å². The van der Waals surface area contributed by atoms with Crippen LogP contribution in [0.1, 0.15) is 68.6 Å². The van der Waals surface area contributed by atoms with Gasteiger partial charge in [-0.1, -0.05) is 51.1 Å². The first-order valence-electron chi connectivity index (χ1n) is 11.7. The number of fused-ring (bicyclic) bond motifs is 1. The van der Waals surface area contributed by atoms with Crippen molar-refractivity contribution in [2.45, 2.75) is 65.7 Å². The van der Waals surface area contributed by atoms with E-state index in [1.54, 1.807) is 0 Å². The summed E-state index contributed by atoms with van der Waals surface area (Å²) in [4.78, 5) is 39.3. The molecule has 2 aliphatic heterocycles. The third kappa shape index (κ3) is 4.69. The van der Waals surface area contributed by atoms with E-state index in [-0.39, 0.29) is 17.7 Å². The molecule has 1 fully saturated rings. The van der Waals surface area contributed by atoms with E-state index in [2.05, 4.69) is 12.1 Å². The molecule has 170 valence electrons. The molecule has 0 saturated carbocycles. The summed E-state index contributed by atoms with van der Waals surface area (Å²) in [6.45, 7) is 9.98. The van der Waals surface area contributed by atoms with E-state index >= 15 is 0 Å². The van der Waals surface area contributed by atoms with Crippen LogP contribution < -0.4 is 4.90 Å². The number of likely N-dealkylation sites (tertiary alicyclic amines) is 1. The molecule has 0 bridgehead atoms. The summed E-state index contributed by atoms with van der Waals surface area (Å²) in [5.74, 6) is 1.96. The van der Waals surface area contributed by atoms with Gasteiger partial charge in [0.25, 0.3) is 0 Å². The fourth-order valence-electron chi connectivity index (χ4n) is 4.75. The third-order valence-corrected chi connectivity index (χ3v) is 6.54. The molecule has 6 nitrogen and oxygen atoms in total. The fraction of sp³-hybridized carbons (Fsp3) is 0.538. The second-order valence-electron chi connectivity index (χ2n) is 10.1. The lowest BCUT2D eigenvalue weighted by Crippen LogP contribution is -2.45. The van der Waals surface area contributed by atoms with E-state index < -0.39 is 5.41 Å². The van der Waals surface area contributed by atoms with E-state index in [9.17, 15) is 9.59 Å². The Morgan fingerprint density at radius 3 is 2.59 bits per heavy atom. The average Bonchev–Trinajstić information content (AvgIpc) is 2.78. The summed E-state index contributed by atoms with van der Waals surface area (Å²) < 4.78 is 0. The lowest BCUT2D eigenvalue weighted by molar-refractivity contribution is -0.140. The fourth-order valence-corrected chi connectivity index (χ4v) is 4.75. The van der Waals surface area contributed by atoms with Gasteiger partial charge in [0.2, 0.25) is 11.8 Å². The second kappa shape index (κ2) is 9.00. The molecule has 0 N–H and O–H groups in total. The van der Waals surface area contributed by atoms with Gasteiger partial charge in [-0.2, -0.15) is 0 Å². The van der Waals surface area contributed by atoms with Gasteiger partial charge in [-0.3, -0.25) is 14.5 Å². The number of carbonyl (C=O) groups is 2. The zero-order valence-electron chi connectivity index (χ0n) is 19.7. The number of hydrogen-bond donors (Lipinski definition) is 0. The average molecular weight is 435 g/mol. The van der Waals surface area contributed by atoms with Crippen molar-refractivity contribution in [1.82, 2.24) is 14.9 Å². The normalized spacial score (nSPS) is 19.1. The summed E-state index contributed by atoms with van der Waals surface area (Å²) in [5, 5.41) is 0. The molecule has 3 heterocycles. The number of rotatable bonds is 4. The zero-order valence-corrected chi connectivity index (χ0v) is 19.7. The Morgan fingerprint density at radius 1 is 1.12 bits per heavy atom.